The minimum atomic E-state index is -4.13. The van der Waals surface area contributed by atoms with Gasteiger partial charge in [-0.15, -0.1) is 0 Å². The van der Waals surface area contributed by atoms with Gasteiger partial charge in [0.05, 0.1) is 12.3 Å². The summed E-state index contributed by atoms with van der Waals surface area (Å²) < 4.78 is 21.6. The summed E-state index contributed by atoms with van der Waals surface area (Å²) in [6.45, 7) is 4.95. The Morgan fingerprint density at radius 2 is 1.89 bits per heavy atom. The van der Waals surface area contributed by atoms with Crippen molar-refractivity contribution in [2.24, 2.45) is 0 Å². The molecule has 2 N–H and O–H groups in total. The normalized spacial score (nSPS) is 14.2. The average Bonchev–Trinajstić information content (AvgIpc) is 2.30. The van der Waals surface area contributed by atoms with E-state index in [4.69, 9.17) is 30.9 Å². The lowest BCUT2D eigenvalue weighted by atomic mass is 9.88. The predicted molar refractivity (Wildman–Crippen MR) is 72.2 cm³/mol. The molecule has 19 heavy (non-hydrogen) atoms. The number of hydrogen-bond acceptors (Lipinski definition) is 4. The number of halogens is 1. The maximum Gasteiger partial charge on any atom is 0.325 e. The fourth-order valence-electron chi connectivity index (χ4n) is 2.06. The van der Waals surface area contributed by atoms with Gasteiger partial charge in [-0.3, -0.25) is 9.36 Å². The minimum Gasteiger partial charge on any atom is -0.457 e. The van der Waals surface area contributed by atoms with Crippen LogP contribution in [0.3, 0.4) is 0 Å². The van der Waals surface area contributed by atoms with Gasteiger partial charge >= 0.3 is 13.6 Å². The Morgan fingerprint density at radius 3 is 2.21 bits per heavy atom. The van der Waals surface area contributed by atoms with Crippen molar-refractivity contribution in [1.29, 1.82) is 0 Å². The molecule has 0 aromatic heterocycles. The number of ether oxygens (including phenoxy) is 2. The Labute approximate surface area is 118 Å². The maximum absolute atomic E-state index is 11.2. The zero-order chi connectivity index (χ0) is 15.1. The Bertz CT molecular complexity index is 325. The first kappa shape index (κ1) is 18.9. The van der Waals surface area contributed by atoms with Crippen LogP contribution in [-0.2, 0) is 18.8 Å². The second-order valence-corrected chi connectivity index (χ2v) is 6.30. The predicted octanol–water partition coefficient (Wildman–Crippen LogP) is 2.26. The number of hydrogen-bond donors (Lipinski definition) is 2. The van der Waals surface area contributed by atoms with Crippen LogP contribution in [0.4, 0.5) is 0 Å². The fraction of sp³-hybridized carbons (Fsp3) is 0.909. The SMILES string of the molecule is CCC(CC)(OC(C)=O)C(CCP(=O)(O)O)OCCl. The van der Waals surface area contributed by atoms with Gasteiger partial charge in [0.25, 0.3) is 0 Å². The van der Waals surface area contributed by atoms with Crippen molar-refractivity contribution in [3.05, 3.63) is 0 Å². The second-order valence-electron chi connectivity index (χ2n) is 4.31. The van der Waals surface area contributed by atoms with Crippen molar-refractivity contribution in [2.75, 3.05) is 12.2 Å². The number of rotatable bonds is 9. The van der Waals surface area contributed by atoms with E-state index < -0.39 is 25.3 Å². The van der Waals surface area contributed by atoms with E-state index in [1.54, 1.807) is 0 Å². The smallest absolute Gasteiger partial charge is 0.325 e. The molecule has 0 aliphatic carbocycles. The van der Waals surface area contributed by atoms with Crippen LogP contribution in [0, 0.1) is 0 Å². The first-order valence-corrected chi connectivity index (χ1v) is 8.45. The number of alkyl halides is 1. The van der Waals surface area contributed by atoms with E-state index in [0.29, 0.717) is 12.8 Å². The van der Waals surface area contributed by atoms with Gasteiger partial charge in [-0.25, -0.2) is 0 Å². The molecule has 0 bridgehead atoms. The van der Waals surface area contributed by atoms with E-state index in [1.807, 2.05) is 13.8 Å². The summed E-state index contributed by atoms with van der Waals surface area (Å²) in [7, 11) is -4.13. The lowest BCUT2D eigenvalue weighted by Crippen LogP contribution is -2.47. The third-order valence-electron chi connectivity index (χ3n) is 3.08. The second kappa shape index (κ2) is 8.22. The Balaban J connectivity index is 5.04. The van der Waals surface area contributed by atoms with Gasteiger partial charge in [0.1, 0.15) is 11.7 Å². The molecule has 8 heteroatoms. The Morgan fingerprint density at radius 1 is 1.37 bits per heavy atom. The molecule has 0 amide bonds. The molecule has 0 heterocycles. The van der Waals surface area contributed by atoms with E-state index in [9.17, 15) is 9.36 Å². The molecule has 0 saturated heterocycles. The highest BCUT2D eigenvalue weighted by molar-refractivity contribution is 7.51. The highest BCUT2D eigenvalue weighted by Crippen LogP contribution is 2.38. The van der Waals surface area contributed by atoms with Gasteiger partial charge in [-0.1, -0.05) is 25.4 Å². The summed E-state index contributed by atoms with van der Waals surface area (Å²) in [6.07, 6.45) is 0.0534. The quantitative estimate of drug-likeness (QED) is 0.385. The highest BCUT2D eigenvalue weighted by Gasteiger charge is 2.40. The summed E-state index contributed by atoms with van der Waals surface area (Å²) in [5.41, 5.74) is -0.907. The highest BCUT2D eigenvalue weighted by atomic mass is 35.5. The third-order valence-corrected chi connectivity index (χ3v) is 4.04. The largest absolute Gasteiger partial charge is 0.457 e. The maximum atomic E-state index is 11.2. The van der Waals surface area contributed by atoms with E-state index in [1.165, 1.54) is 6.92 Å². The van der Waals surface area contributed by atoms with Crippen LogP contribution in [0.5, 0.6) is 0 Å². The van der Waals surface area contributed by atoms with Gasteiger partial charge in [-0.2, -0.15) is 0 Å². The zero-order valence-electron chi connectivity index (χ0n) is 11.5. The van der Waals surface area contributed by atoms with Gasteiger partial charge in [0.15, 0.2) is 0 Å². The Hall–Kier alpha value is -0.130. The van der Waals surface area contributed by atoms with Crippen molar-refractivity contribution in [3.8, 4) is 0 Å². The topological polar surface area (TPSA) is 93.1 Å². The van der Waals surface area contributed by atoms with Crippen LogP contribution in [0.25, 0.3) is 0 Å². The summed E-state index contributed by atoms with van der Waals surface area (Å²) in [4.78, 5) is 29.1. The number of esters is 1. The lowest BCUT2D eigenvalue weighted by Gasteiger charge is -2.38. The molecular formula is C11H22ClO6P. The van der Waals surface area contributed by atoms with Crippen LogP contribution < -0.4 is 0 Å². The first-order chi connectivity index (χ1) is 8.70. The standard InChI is InChI=1S/C11H22ClO6P/c1-4-11(5-2,18-9(3)13)10(17-8-12)6-7-19(14,15)16/h10H,4-8H2,1-3H3,(H2,14,15,16). The molecule has 1 unspecified atom stereocenters. The third kappa shape index (κ3) is 6.72. The van der Waals surface area contributed by atoms with Crippen LogP contribution in [-0.4, -0.2) is 39.7 Å². The number of carbonyl (C=O) groups is 1. The molecule has 0 radical (unpaired) electrons. The van der Waals surface area contributed by atoms with Crippen molar-refractivity contribution in [3.63, 3.8) is 0 Å². The monoisotopic (exact) mass is 316 g/mol. The van der Waals surface area contributed by atoms with E-state index in [-0.39, 0.29) is 18.6 Å². The molecule has 114 valence electrons. The summed E-state index contributed by atoms with van der Waals surface area (Å²) in [6, 6.07) is -0.130. The summed E-state index contributed by atoms with van der Waals surface area (Å²) in [5, 5.41) is 0. The van der Waals surface area contributed by atoms with E-state index in [2.05, 4.69) is 0 Å². The zero-order valence-corrected chi connectivity index (χ0v) is 13.1. The molecule has 1 atom stereocenters. The van der Waals surface area contributed by atoms with E-state index in [0.717, 1.165) is 0 Å². The average molecular weight is 317 g/mol. The van der Waals surface area contributed by atoms with Gasteiger partial charge in [-0.05, 0) is 19.3 Å². The molecule has 0 aliphatic heterocycles. The van der Waals surface area contributed by atoms with Crippen molar-refractivity contribution < 1.29 is 28.6 Å². The fourth-order valence-corrected chi connectivity index (χ4v) is 2.78. The van der Waals surface area contributed by atoms with Gasteiger partial charge in [0.2, 0.25) is 0 Å². The van der Waals surface area contributed by atoms with Gasteiger partial charge < -0.3 is 19.3 Å². The van der Waals surface area contributed by atoms with Crippen molar-refractivity contribution >= 4 is 25.2 Å². The molecule has 0 fully saturated rings. The number of carbonyl (C=O) groups excluding carboxylic acids is 1. The molecule has 0 aromatic rings. The van der Waals surface area contributed by atoms with Gasteiger partial charge in [0, 0.05) is 6.92 Å². The van der Waals surface area contributed by atoms with Crippen LogP contribution in [0.15, 0.2) is 0 Å². The molecule has 0 rings (SSSR count). The molecule has 0 aromatic carbocycles. The minimum absolute atomic E-state index is 0.0754. The Kier molecular flexibility index (Phi) is 8.17. The molecule has 6 nitrogen and oxygen atoms in total. The van der Waals surface area contributed by atoms with Crippen LogP contribution >= 0.6 is 19.2 Å². The van der Waals surface area contributed by atoms with Crippen molar-refractivity contribution in [2.45, 2.75) is 51.7 Å². The van der Waals surface area contributed by atoms with E-state index >= 15 is 0 Å². The van der Waals surface area contributed by atoms with Crippen LogP contribution in [0.1, 0.15) is 40.0 Å². The van der Waals surface area contributed by atoms with Crippen LogP contribution in [0.2, 0.25) is 0 Å². The molecule has 0 aliphatic rings. The lowest BCUT2D eigenvalue weighted by molar-refractivity contribution is -0.177. The van der Waals surface area contributed by atoms with Crippen molar-refractivity contribution in [1.82, 2.24) is 0 Å². The molecular weight excluding hydrogens is 295 g/mol. The first-order valence-electron chi connectivity index (χ1n) is 6.12. The summed E-state index contributed by atoms with van der Waals surface area (Å²) >= 11 is 5.55. The molecule has 0 spiro atoms. The molecule has 0 saturated carbocycles. The summed E-state index contributed by atoms with van der Waals surface area (Å²) in [5.74, 6) is -0.456.